The highest BCUT2D eigenvalue weighted by molar-refractivity contribution is 5.78. The van der Waals surface area contributed by atoms with Crippen molar-refractivity contribution >= 4 is 5.91 Å². The molecule has 0 heterocycles. The Kier molecular flexibility index (Phi) is 3.26. The average molecular weight is 211 g/mol. The lowest BCUT2D eigenvalue weighted by atomic mass is 9.78. The third-order valence-corrected chi connectivity index (χ3v) is 3.40. The van der Waals surface area contributed by atoms with Gasteiger partial charge in [0, 0.05) is 18.6 Å². The van der Waals surface area contributed by atoms with Crippen LogP contribution in [-0.4, -0.2) is 31.1 Å². The number of hydrogen-bond donors (Lipinski definition) is 3. The molecular weight excluding hydrogens is 190 g/mol. The van der Waals surface area contributed by atoms with Crippen molar-refractivity contribution in [3.05, 3.63) is 0 Å². The van der Waals surface area contributed by atoms with Crippen molar-refractivity contribution in [2.24, 2.45) is 11.7 Å². The summed E-state index contributed by atoms with van der Waals surface area (Å²) in [5.41, 5.74) is 6.00. The van der Waals surface area contributed by atoms with Crippen LogP contribution in [-0.2, 0) is 4.79 Å². The Balaban J connectivity index is 1.50. The number of hydrogen-bond acceptors (Lipinski definition) is 3. The van der Waals surface area contributed by atoms with Crippen LogP contribution < -0.4 is 16.4 Å². The molecule has 86 valence electrons. The maximum atomic E-state index is 11.4. The van der Waals surface area contributed by atoms with E-state index in [0.717, 1.165) is 31.8 Å². The molecule has 4 N–H and O–H groups in total. The zero-order valence-corrected chi connectivity index (χ0v) is 9.22. The molecule has 15 heavy (non-hydrogen) atoms. The summed E-state index contributed by atoms with van der Waals surface area (Å²) >= 11 is 0. The van der Waals surface area contributed by atoms with Crippen LogP contribution in [0.4, 0.5) is 0 Å². The minimum Gasteiger partial charge on any atom is -0.355 e. The Hall–Kier alpha value is -0.610. The van der Waals surface area contributed by atoms with Crippen LogP contribution in [0, 0.1) is 5.92 Å². The monoisotopic (exact) mass is 211 g/mol. The molecule has 2 aliphatic carbocycles. The summed E-state index contributed by atoms with van der Waals surface area (Å²) in [6.45, 7) is 2.03. The highest BCUT2D eigenvalue weighted by Gasteiger charge is 2.31. The molecule has 2 aliphatic rings. The van der Waals surface area contributed by atoms with Crippen molar-refractivity contribution in [1.82, 2.24) is 10.6 Å². The van der Waals surface area contributed by atoms with E-state index in [4.69, 9.17) is 5.73 Å². The second-order valence-electron chi connectivity index (χ2n) is 5.07. The first-order valence-electron chi connectivity index (χ1n) is 5.94. The zero-order valence-electron chi connectivity index (χ0n) is 9.22. The van der Waals surface area contributed by atoms with Crippen LogP contribution in [0.2, 0.25) is 0 Å². The van der Waals surface area contributed by atoms with Gasteiger partial charge in [0.1, 0.15) is 0 Å². The Bertz CT molecular complexity index is 234. The predicted octanol–water partition coefficient (Wildman–Crippen LogP) is -0.0164. The third-order valence-electron chi connectivity index (χ3n) is 3.40. The first kappa shape index (κ1) is 10.9. The second-order valence-corrected chi connectivity index (χ2v) is 5.07. The molecule has 0 unspecified atom stereocenters. The molecule has 0 spiro atoms. The van der Waals surface area contributed by atoms with Crippen molar-refractivity contribution in [1.29, 1.82) is 0 Å². The Morgan fingerprint density at radius 1 is 1.40 bits per heavy atom. The van der Waals surface area contributed by atoms with Crippen LogP contribution in [0.3, 0.4) is 0 Å². The van der Waals surface area contributed by atoms with Gasteiger partial charge in [-0.15, -0.1) is 0 Å². The van der Waals surface area contributed by atoms with Gasteiger partial charge in [-0.2, -0.15) is 0 Å². The molecule has 4 nitrogen and oxygen atoms in total. The summed E-state index contributed by atoms with van der Waals surface area (Å²) < 4.78 is 0. The Morgan fingerprint density at radius 3 is 2.67 bits per heavy atom. The van der Waals surface area contributed by atoms with Gasteiger partial charge in [0.15, 0.2) is 0 Å². The zero-order chi connectivity index (χ0) is 10.7. The first-order valence-corrected chi connectivity index (χ1v) is 5.94. The van der Waals surface area contributed by atoms with Gasteiger partial charge in [-0.25, -0.2) is 0 Å². The van der Waals surface area contributed by atoms with Crippen LogP contribution in [0.25, 0.3) is 0 Å². The van der Waals surface area contributed by atoms with Gasteiger partial charge in [0.2, 0.25) is 5.91 Å². The smallest absolute Gasteiger partial charge is 0.233 e. The topological polar surface area (TPSA) is 67.1 Å². The summed E-state index contributed by atoms with van der Waals surface area (Å²) in [4.78, 5) is 11.4. The number of carbonyl (C=O) groups excluding carboxylic acids is 1. The van der Waals surface area contributed by atoms with E-state index < -0.39 is 0 Å². The molecule has 0 aromatic rings. The molecule has 0 bridgehead atoms. The van der Waals surface area contributed by atoms with Gasteiger partial charge < -0.3 is 16.4 Å². The van der Waals surface area contributed by atoms with Crippen molar-refractivity contribution in [3.63, 3.8) is 0 Å². The Labute approximate surface area is 91.0 Å². The molecule has 0 aliphatic heterocycles. The van der Waals surface area contributed by atoms with Crippen LogP contribution in [0.15, 0.2) is 0 Å². The number of carbonyl (C=O) groups is 1. The van der Waals surface area contributed by atoms with E-state index in [9.17, 15) is 4.79 Å². The second kappa shape index (κ2) is 4.49. The fraction of sp³-hybridized carbons (Fsp3) is 0.909. The molecule has 2 saturated carbocycles. The molecule has 0 radical (unpaired) electrons. The molecule has 0 aromatic heterocycles. The van der Waals surface area contributed by atoms with E-state index in [1.165, 1.54) is 19.3 Å². The first-order chi connectivity index (χ1) is 7.18. The number of nitrogens with one attached hydrogen (secondary N) is 2. The largest absolute Gasteiger partial charge is 0.355 e. The highest BCUT2D eigenvalue weighted by atomic mass is 16.1. The summed E-state index contributed by atoms with van der Waals surface area (Å²) in [6.07, 6.45) is 5.96. The molecule has 1 amide bonds. The van der Waals surface area contributed by atoms with E-state index in [-0.39, 0.29) is 11.4 Å². The number of amides is 1. The number of nitrogens with two attached hydrogens (primary N) is 1. The number of rotatable bonds is 6. The molecule has 0 aromatic carbocycles. The summed E-state index contributed by atoms with van der Waals surface area (Å²) in [7, 11) is 0. The normalized spacial score (nSPS) is 23.3. The summed E-state index contributed by atoms with van der Waals surface area (Å²) in [6, 6.07) is 0. The van der Waals surface area contributed by atoms with Crippen molar-refractivity contribution < 1.29 is 4.79 Å². The third kappa shape index (κ3) is 3.47. The molecule has 4 heteroatoms. The maximum Gasteiger partial charge on any atom is 0.233 e. The van der Waals surface area contributed by atoms with Crippen molar-refractivity contribution in [3.8, 4) is 0 Å². The SMILES string of the molecule is NC1(CNCC(=O)NCC2CC2)CCC1. The Morgan fingerprint density at radius 2 is 2.13 bits per heavy atom. The van der Waals surface area contributed by atoms with Crippen LogP contribution in [0.5, 0.6) is 0 Å². The van der Waals surface area contributed by atoms with Crippen LogP contribution in [0.1, 0.15) is 32.1 Å². The van der Waals surface area contributed by atoms with Gasteiger partial charge in [0.05, 0.1) is 6.54 Å². The standard InChI is InChI=1S/C11H21N3O/c12-11(4-1-5-11)8-13-7-10(15)14-6-9-2-3-9/h9,13H,1-8,12H2,(H,14,15). The fourth-order valence-corrected chi connectivity index (χ4v) is 1.88. The minimum atomic E-state index is -0.0310. The van der Waals surface area contributed by atoms with Gasteiger partial charge in [-0.3, -0.25) is 4.79 Å². The maximum absolute atomic E-state index is 11.4. The lowest BCUT2D eigenvalue weighted by Crippen LogP contribution is -2.55. The van der Waals surface area contributed by atoms with E-state index in [2.05, 4.69) is 10.6 Å². The quantitative estimate of drug-likeness (QED) is 0.578. The predicted molar refractivity (Wildman–Crippen MR) is 59.4 cm³/mol. The van der Waals surface area contributed by atoms with Gasteiger partial charge in [0.25, 0.3) is 0 Å². The lowest BCUT2D eigenvalue weighted by Gasteiger charge is -2.38. The fourth-order valence-electron chi connectivity index (χ4n) is 1.88. The van der Waals surface area contributed by atoms with Gasteiger partial charge in [-0.05, 0) is 38.0 Å². The van der Waals surface area contributed by atoms with Gasteiger partial charge in [-0.1, -0.05) is 0 Å². The molecule has 2 rings (SSSR count). The average Bonchev–Trinajstić information content (AvgIpc) is 2.95. The molecular formula is C11H21N3O. The summed E-state index contributed by atoms with van der Waals surface area (Å²) in [5, 5.41) is 6.06. The van der Waals surface area contributed by atoms with Crippen LogP contribution >= 0.6 is 0 Å². The van der Waals surface area contributed by atoms with E-state index in [1.807, 2.05) is 0 Å². The van der Waals surface area contributed by atoms with Crippen molar-refractivity contribution in [2.75, 3.05) is 19.6 Å². The lowest BCUT2D eigenvalue weighted by molar-refractivity contribution is -0.120. The van der Waals surface area contributed by atoms with E-state index >= 15 is 0 Å². The summed E-state index contributed by atoms with van der Waals surface area (Å²) in [5.74, 6) is 0.853. The van der Waals surface area contributed by atoms with E-state index in [1.54, 1.807) is 0 Å². The minimum absolute atomic E-state index is 0.0310. The molecule has 0 atom stereocenters. The molecule has 0 saturated heterocycles. The van der Waals surface area contributed by atoms with E-state index in [0.29, 0.717) is 6.54 Å². The highest BCUT2D eigenvalue weighted by Crippen LogP contribution is 2.28. The molecule has 2 fully saturated rings. The van der Waals surface area contributed by atoms with Crippen molar-refractivity contribution in [2.45, 2.75) is 37.6 Å². The van der Waals surface area contributed by atoms with Gasteiger partial charge >= 0.3 is 0 Å².